The Morgan fingerprint density at radius 2 is 1.79 bits per heavy atom. The number of rotatable bonds is 6. The zero-order valence-electron chi connectivity index (χ0n) is 15.7. The fourth-order valence-corrected chi connectivity index (χ4v) is 5.31. The van der Waals surface area contributed by atoms with Gasteiger partial charge in [0.25, 0.3) is 0 Å². The Hall–Kier alpha value is -2.19. The van der Waals surface area contributed by atoms with E-state index in [1.54, 1.807) is 12.1 Å². The van der Waals surface area contributed by atoms with Crippen LogP contribution in [0.15, 0.2) is 64.0 Å². The molecule has 0 heterocycles. The van der Waals surface area contributed by atoms with Crippen LogP contribution in [-0.4, -0.2) is 32.1 Å². The normalized spacial score (nSPS) is 19.6. The Morgan fingerprint density at radius 3 is 2.48 bits per heavy atom. The number of amides is 1. The van der Waals surface area contributed by atoms with Crippen LogP contribution in [0.1, 0.15) is 24.8 Å². The number of halogens is 1. The van der Waals surface area contributed by atoms with Gasteiger partial charge in [0.1, 0.15) is 12.4 Å². The molecule has 6 nitrogen and oxygen atoms in total. The number of carbonyl (C=O) groups is 2. The molecule has 2 atom stereocenters. The second-order valence-corrected chi connectivity index (χ2v) is 10.0. The van der Waals surface area contributed by atoms with E-state index in [-0.39, 0.29) is 29.5 Å². The Balaban J connectivity index is 1.64. The minimum atomic E-state index is -3.59. The maximum absolute atomic E-state index is 12.8. The van der Waals surface area contributed by atoms with Gasteiger partial charge in [0, 0.05) is 29.3 Å². The van der Waals surface area contributed by atoms with E-state index < -0.39 is 27.9 Å². The highest BCUT2D eigenvalue weighted by molar-refractivity contribution is 9.10. The van der Waals surface area contributed by atoms with Gasteiger partial charge in [0.05, 0.1) is 10.6 Å². The number of ether oxygens (including phenoxy) is 1. The number of nitrogens with one attached hydrogen (secondary N) is 1. The van der Waals surface area contributed by atoms with Gasteiger partial charge in [0.15, 0.2) is 9.84 Å². The number of ketones is 1. The van der Waals surface area contributed by atoms with Crippen molar-refractivity contribution in [3.63, 3.8) is 0 Å². The van der Waals surface area contributed by atoms with Gasteiger partial charge < -0.3 is 10.1 Å². The molecule has 8 heteroatoms. The largest absolute Gasteiger partial charge is 0.445 e. The van der Waals surface area contributed by atoms with Gasteiger partial charge in [-0.25, -0.2) is 13.2 Å². The van der Waals surface area contributed by atoms with Crippen LogP contribution in [-0.2, 0) is 26.0 Å². The number of carbonyl (C=O) groups excluding carboxylic acids is 2. The first-order valence-electron chi connectivity index (χ1n) is 9.31. The average Bonchev–Trinajstić information content (AvgIpc) is 2.69. The van der Waals surface area contributed by atoms with Crippen molar-refractivity contribution in [2.45, 2.75) is 36.8 Å². The number of hydrogen-bond donors (Lipinski definition) is 1. The quantitative estimate of drug-likeness (QED) is 0.678. The lowest BCUT2D eigenvalue weighted by atomic mass is 9.85. The molecule has 0 saturated heterocycles. The van der Waals surface area contributed by atoms with E-state index >= 15 is 0 Å². The molecule has 0 radical (unpaired) electrons. The van der Waals surface area contributed by atoms with E-state index in [9.17, 15) is 18.0 Å². The zero-order chi connectivity index (χ0) is 20.9. The van der Waals surface area contributed by atoms with E-state index in [2.05, 4.69) is 21.2 Å². The number of sulfone groups is 1. The topological polar surface area (TPSA) is 89.5 Å². The molecule has 1 aliphatic rings. The van der Waals surface area contributed by atoms with Crippen molar-refractivity contribution < 1.29 is 22.7 Å². The summed E-state index contributed by atoms with van der Waals surface area (Å²) in [5, 5.41) is 2.76. The first-order chi connectivity index (χ1) is 13.8. The molecule has 1 aliphatic carbocycles. The molecule has 1 amide bonds. The monoisotopic (exact) mass is 479 g/mol. The van der Waals surface area contributed by atoms with Crippen molar-refractivity contribution in [2.24, 2.45) is 5.92 Å². The highest BCUT2D eigenvalue weighted by Crippen LogP contribution is 2.27. The average molecular weight is 480 g/mol. The third-order valence-electron chi connectivity index (χ3n) is 4.92. The van der Waals surface area contributed by atoms with E-state index in [1.807, 2.05) is 30.3 Å². The zero-order valence-corrected chi connectivity index (χ0v) is 18.1. The molecule has 2 aromatic rings. The lowest BCUT2D eigenvalue weighted by molar-refractivity contribution is -0.121. The molecule has 1 fully saturated rings. The molecule has 1 saturated carbocycles. The van der Waals surface area contributed by atoms with Gasteiger partial charge in [-0.3, -0.25) is 4.79 Å². The molecule has 0 aliphatic heterocycles. The first kappa shape index (κ1) is 21.5. The fraction of sp³-hybridized carbons (Fsp3) is 0.333. The number of hydrogen-bond acceptors (Lipinski definition) is 5. The van der Waals surface area contributed by atoms with Gasteiger partial charge in [-0.05, 0) is 36.2 Å². The van der Waals surface area contributed by atoms with Crippen LogP contribution >= 0.6 is 15.9 Å². The summed E-state index contributed by atoms with van der Waals surface area (Å²) in [5.74, 6) is -0.685. The number of benzene rings is 2. The summed E-state index contributed by atoms with van der Waals surface area (Å²) >= 11 is 3.29. The van der Waals surface area contributed by atoms with Gasteiger partial charge in [-0.15, -0.1) is 0 Å². The van der Waals surface area contributed by atoms with Crippen molar-refractivity contribution in [2.75, 3.05) is 5.75 Å². The van der Waals surface area contributed by atoms with Gasteiger partial charge in [0.2, 0.25) is 0 Å². The Bertz CT molecular complexity index is 960. The lowest BCUT2D eigenvalue weighted by Crippen LogP contribution is -2.46. The van der Waals surface area contributed by atoms with Crippen molar-refractivity contribution >= 4 is 37.6 Å². The van der Waals surface area contributed by atoms with Crippen LogP contribution in [0.5, 0.6) is 0 Å². The summed E-state index contributed by atoms with van der Waals surface area (Å²) in [4.78, 5) is 24.3. The summed E-state index contributed by atoms with van der Waals surface area (Å²) in [7, 11) is -3.59. The molecule has 3 rings (SSSR count). The maximum atomic E-state index is 12.8. The highest BCUT2D eigenvalue weighted by Gasteiger charge is 2.34. The van der Waals surface area contributed by atoms with Crippen molar-refractivity contribution in [1.82, 2.24) is 5.32 Å². The van der Waals surface area contributed by atoms with Gasteiger partial charge in [-0.1, -0.05) is 46.3 Å². The van der Waals surface area contributed by atoms with Crippen LogP contribution in [0, 0.1) is 5.92 Å². The molecule has 0 unspecified atom stereocenters. The second-order valence-electron chi connectivity index (χ2n) is 7.09. The summed E-state index contributed by atoms with van der Waals surface area (Å²) in [5.41, 5.74) is 0.857. The predicted octanol–water partition coefficient (Wildman–Crippen LogP) is 3.89. The summed E-state index contributed by atoms with van der Waals surface area (Å²) in [6, 6.07) is 15.2. The third-order valence-corrected chi connectivity index (χ3v) is 7.30. The molecule has 0 spiro atoms. The SMILES string of the molecule is O=C1CC[C@@H](NC(=O)OCc2ccccc2)[C@H](CS(=O)(=O)c2ccc(Br)cc2)C1. The first-order valence-corrected chi connectivity index (χ1v) is 11.8. The fourth-order valence-electron chi connectivity index (χ4n) is 3.39. The summed E-state index contributed by atoms with van der Waals surface area (Å²) < 4.78 is 31.6. The molecular weight excluding hydrogens is 458 g/mol. The minimum absolute atomic E-state index is 0.0108. The second kappa shape index (κ2) is 9.54. The van der Waals surface area contributed by atoms with E-state index in [0.717, 1.165) is 10.0 Å². The van der Waals surface area contributed by atoms with Crippen LogP contribution in [0.4, 0.5) is 4.79 Å². The van der Waals surface area contributed by atoms with Crippen molar-refractivity contribution in [1.29, 1.82) is 0 Å². The Kier molecular flexibility index (Phi) is 7.08. The highest BCUT2D eigenvalue weighted by atomic mass is 79.9. The van der Waals surface area contributed by atoms with Gasteiger partial charge >= 0.3 is 6.09 Å². The molecule has 2 aromatic carbocycles. The van der Waals surface area contributed by atoms with Crippen LogP contribution < -0.4 is 5.32 Å². The molecule has 154 valence electrons. The van der Waals surface area contributed by atoms with E-state index in [0.29, 0.717) is 12.8 Å². The maximum Gasteiger partial charge on any atom is 0.407 e. The predicted molar refractivity (Wildman–Crippen MR) is 112 cm³/mol. The third kappa shape index (κ3) is 6.14. The molecule has 0 bridgehead atoms. The summed E-state index contributed by atoms with van der Waals surface area (Å²) in [6.07, 6.45) is 0.233. The Morgan fingerprint density at radius 1 is 1.10 bits per heavy atom. The molecule has 1 N–H and O–H groups in total. The van der Waals surface area contributed by atoms with Crippen LogP contribution in [0.3, 0.4) is 0 Å². The van der Waals surface area contributed by atoms with Crippen molar-refractivity contribution in [3.05, 3.63) is 64.6 Å². The van der Waals surface area contributed by atoms with Gasteiger partial charge in [-0.2, -0.15) is 0 Å². The smallest absolute Gasteiger partial charge is 0.407 e. The van der Waals surface area contributed by atoms with Crippen LogP contribution in [0.25, 0.3) is 0 Å². The van der Waals surface area contributed by atoms with Crippen LogP contribution in [0.2, 0.25) is 0 Å². The standard InChI is InChI=1S/C21H22BrNO5S/c22-17-6-9-19(10-7-17)29(26,27)14-16-12-18(24)8-11-20(16)23-21(25)28-13-15-4-2-1-3-5-15/h1-7,9-10,16,20H,8,11-14H2,(H,23,25)/t16-,20+/m0/s1. The summed E-state index contributed by atoms with van der Waals surface area (Å²) in [6.45, 7) is 0.125. The number of Topliss-reactive ketones (excluding diaryl/α,β-unsaturated/α-hetero) is 1. The van der Waals surface area contributed by atoms with E-state index in [1.165, 1.54) is 12.1 Å². The molecular formula is C21H22BrNO5S. The van der Waals surface area contributed by atoms with Crippen molar-refractivity contribution in [3.8, 4) is 0 Å². The molecule has 0 aromatic heterocycles. The molecule has 29 heavy (non-hydrogen) atoms. The Labute approximate surface area is 178 Å². The minimum Gasteiger partial charge on any atom is -0.445 e. The van der Waals surface area contributed by atoms with E-state index in [4.69, 9.17) is 4.74 Å². The lowest BCUT2D eigenvalue weighted by Gasteiger charge is -2.31. The number of alkyl carbamates (subject to hydrolysis) is 1.